The molecule has 1 saturated heterocycles. The monoisotopic (exact) mass is 380 g/mol. The smallest absolute Gasteiger partial charge is 0.234 e. The number of benzene rings is 1. The van der Waals surface area contributed by atoms with E-state index in [1.165, 1.54) is 5.57 Å². The summed E-state index contributed by atoms with van der Waals surface area (Å²) in [6.45, 7) is 7.10. The van der Waals surface area contributed by atoms with Gasteiger partial charge in [-0.15, -0.1) is 0 Å². The number of hydrogen-bond donors (Lipinski definition) is 2. The molecule has 0 spiro atoms. The fourth-order valence-electron chi connectivity index (χ4n) is 4.19. The number of aromatic nitrogens is 2. The maximum atomic E-state index is 13.4. The third-order valence-electron chi connectivity index (χ3n) is 6.11. The highest BCUT2D eigenvalue weighted by Crippen LogP contribution is 2.41. The topological polar surface area (TPSA) is 68.2 Å². The van der Waals surface area contributed by atoms with E-state index in [2.05, 4.69) is 33.2 Å². The number of nitrogens with one attached hydrogen (secondary N) is 2. The van der Waals surface area contributed by atoms with Crippen LogP contribution in [0.5, 0.6) is 0 Å². The van der Waals surface area contributed by atoms with Crippen molar-refractivity contribution in [2.45, 2.75) is 33.1 Å². The lowest BCUT2D eigenvalue weighted by atomic mass is 9.71. The molecule has 1 aromatic heterocycles. The van der Waals surface area contributed by atoms with E-state index < -0.39 is 5.41 Å². The highest BCUT2D eigenvalue weighted by atomic mass is 16.5. The number of ether oxygens (including phenoxy) is 1. The molecule has 0 radical (unpaired) electrons. The van der Waals surface area contributed by atoms with Gasteiger partial charge in [-0.3, -0.25) is 4.79 Å². The molecule has 0 bridgehead atoms. The van der Waals surface area contributed by atoms with Gasteiger partial charge >= 0.3 is 0 Å². The van der Waals surface area contributed by atoms with E-state index in [0.717, 1.165) is 55.1 Å². The fraction of sp³-hybridized carbons (Fsp3) is 0.455. The standard InChI is InChI=1S/C22H28N4O2/c1-16-17(2)26(15-24-16)20-5-3-19(4-6-20)25-21(27)22(9-13-28-14-10-22)18-7-11-23-12-8-18/h3-7,15,23H,8-14H2,1-2H3,(H,25,27). The summed E-state index contributed by atoms with van der Waals surface area (Å²) in [5.74, 6) is 0.0892. The fourth-order valence-corrected chi connectivity index (χ4v) is 4.19. The van der Waals surface area contributed by atoms with Crippen LogP contribution in [0.1, 0.15) is 30.7 Å². The summed E-state index contributed by atoms with van der Waals surface area (Å²) in [5.41, 5.74) is 4.82. The van der Waals surface area contributed by atoms with Crippen molar-refractivity contribution >= 4 is 11.6 Å². The van der Waals surface area contributed by atoms with Crippen molar-refractivity contribution in [3.05, 3.63) is 53.6 Å². The lowest BCUT2D eigenvalue weighted by Crippen LogP contribution is -2.44. The number of imidazole rings is 1. The number of nitrogens with zero attached hydrogens (tertiary/aromatic N) is 2. The van der Waals surface area contributed by atoms with E-state index in [1.807, 2.05) is 37.5 Å². The minimum Gasteiger partial charge on any atom is -0.381 e. The van der Waals surface area contributed by atoms with E-state index in [9.17, 15) is 4.79 Å². The summed E-state index contributed by atoms with van der Waals surface area (Å²) in [7, 11) is 0. The van der Waals surface area contributed by atoms with Gasteiger partial charge < -0.3 is 19.9 Å². The van der Waals surface area contributed by atoms with Crippen LogP contribution in [0.25, 0.3) is 5.69 Å². The Morgan fingerprint density at radius 2 is 1.96 bits per heavy atom. The van der Waals surface area contributed by atoms with Crippen molar-refractivity contribution in [3.63, 3.8) is 0 Å². The number of anilines is 1. The normalized spacial score (nSPS) is 19.1. The van der Waals surface area contributed by atoms with Gasteiger partial charge in [0, 0.05) is 36.8 Å². The van der Waals surface area contributed by atoms with Gasteiger partial charge in [-0.1, -0.05) is 11.6 Å². The SMILES string of the molecule is Cc1ncn(-c2ccc(NC(=O)C3(C4=CCNCC4)CCOCC3)cc2)c1C. The van der Waals surface area contributed by atoms with Gasteiger partial charge in [0.1, 0.15) is 0 Å². The summed E-state index contributed by atoms with van der Waals surface area (Å²) in [5, 5.41) is 6.51. The molecule has 2 aliphatic rings. The summed E-state index contributed by atoms with van der Waals surface area (Å²) in [4.78, 5) is 17.7. The highest BCUT2D eigenvalue weighted by Gasteiger charge is 2.43. The molecule has 1 fully saturated rings. The number of amides is 1. The average Bonchev–Trinajstić information content (AvgIpc) is 3.08. The Kier molecular flexibility index (Phi) is 5.33. The molecule has 1 amide bonds. The minimum absolute atomic E-state index is 0.0892. The van der Waals surface area contributed by atoms with Crippen molar-refractivity contribution in [1.82, 2.24) is 14.9 Å². The van der Waals surface area contributed by atoms with Crippen LogP contribution >= 0.6 is 0 Å². The zero-order chi connectivity index (χ0) is 19.6. The second kappa shape index (κ2) is 7.89. The van der Waals surface area contributed by atoms with Crippen molar-refractivity contribution in [3.8, 4) is 5.69 Å². The van der Waals surface area contributed by atoms with Crippen molar-refractivity contribution in [1.29, 1.82) is 0 Å². The summed E-state index contributed by atoms with van der Waals surface area (Å²) in [6.07, 6.45) is 6.44. The van der Waals surface area contributed by atoms with Crippen LogP contribution in [0.15, 0.2) is 42.2 Å². The lowest BCUT2D eigenvalue weighted by molar-refractivity contribution is -0.128. The largest absolute Gasteiger partial charge is 0.381 e. The first kappa shape index (κ1) is 18.9. The Morgan fingerprint density at radius 3 is 2.57 bits per heavy atom. The Bertz CT molecular complexity index is 876. The molecule has 2 aromatic rings. The third-order valence-corrected chi connectivity index (χ3v) is 6.11. The minimum atomic E-state index is -0.447. The highest BCUT2D eigenvalue weighted by molar-refractivity contribution is 5.97. The molecule has 28 heavy (non-hydrogen) atoms. The van der Waals surface area contributed by atoms with Crippen molar-refractivity contribution in [2.24, 2.45) is 5.41 Å². The molecule has 0 atom stereocenters. The molecule has 6 heteroatoms. The molecule has 6 nitrogen and oxygen atoms in total. The molecule has 0 saturated carbocycles. The molecule has 4 rings (SSSR count). The van der Waals surface area contributed by atoms with E-state index in [1.54, 1.807) is 0 Å². The molecule has 3 heterocycles. The first-order valence-electron chi connectivity index (χ1n) is 10.0. The van der Waals surface area contributed by atoms with Gasteiger partial charge in [-0.05, 0) is 63.9 Å². The molecular formula is C22H28N4O2. The molecule has 0 unspecified atom stereocenters. The maximum absolute atomic E-state index is 13.4. The zero-order valence-corrected chi connectivity index (χ0v) is 16.6. The van der Waals surface area contributed by atoms with Gasteiger partial charge in [0.15, 0.2) is 0 Å². The van der Waals surface area contributed by atoms with Crippen LogP contribution in [-0.4, -0.2) is 41.8 Å². The number of carbonyl (C=O) groups is 1. The molecule has 0 aliphatic carbocycles. The van der Waals surface area contributed by atoms with E-state index in [0.29, 0.717) is 13.2 Å². The van der Waals surface area contributed by atoms with Crippen LogP contribution in [0.4, 0.5) is 5.69 Å². The van der Waals surface area contributed by atoms with Crippen molar-refractivity contribution < 1.29 is 9.53 Å². The van der Waals surface area contributed by atoms with E-state index in [-0.39, 0.29) is 5.91 Å². The number of hydrogen-bond acceptors (Lipinski definition) is 4. The Morgan fingerprint density at radius 1 is 1.21 bits per heavy atom. The van der Waals surface area contributed by atoms with Gasteiger partial charge in [0.05, 0.1) is 17.4 Å². The van der Waals surface area contributed by atoms with E-state index in [4.69, 9.17) is 4.74 Å². The average molecular weight is 380 g/mol. The summed E-state index contributed by atoms with van der Waals surface area (Å²) in [6, 6.07) is 7.96. The number of aryl methyl sites for hydroxylation is 1. The predicted octanol–water partition coefficient (Wildman–Crippen LogP) is 3.14. The number of carbonyl (C=O) groups excluding carboxylic acids is 1. The van der Waals surface area contributed by atoms with Gasteiger partial charge in [0.2, 0.25) is 5.91 Å². The second-order valence-electron chi connectivity index (χ2n) is 7.66. The summed E-state index contributed by atoms with van der Waals surface area (Å²) >= 11 is 0. The number of rotatable bonds is 4. The molecule has 2 N–H and O–H groups in total. The van der Waals surface area contributed by atoms with Crippen LogP contribution in [0, 0.1) is 19.3 Å². The van der Waals surface area contributed by atoms with Crippen molar-refractivity contribution in [2.75, 3.05) is 31.6 Å². The molecule has 1 aromatic carbocycles. The third kappa shape index (κ3) is 3.50. The van der Waals surface area contributed by atoms with Crippen LogP contribution < -0.4 is 10.6 Å². The Balaban J connectivity index is 1.54. The molecular weight excluding hydrogens is 352 g/mol. The first-order valence-corrected chi connectivity index (χ1v) is 10.0. The van der Waals surface area contributed by atoms with Crippen LogP contribution in [0.2, 0.25) is 0 Å². The Hall–Kier alpha value is -2.44. The second-order valence-corrected chi connectivity index (χ2v) is 7.66. The van der Waals surface area contributed by atoms with Crippen LogP contribution in [0.3, 0.4) is 0 Å². The zero-order valence-electron chi connectivity index (χ0n) is 16.6. The quantitative estimate of drug-likeness (QED) is 0.800. The van der Waals surface area contributed by atoms with Gasteiger partial charge in [-0.25, -0.2) is 4.98 Å². The van der Waals surface area contributed by atoms with Gasteiger partial charge in [-0.2, -0.15) is 0 Å². The Labute approximate surface area is 166 Å². The van der Waals surface area contributed by atoms with Crippen LogP contribution in [-0.2, 0) is 9.53 Å². The first-order chi connectivity index (χ1) is 13.6. The summed E-state index contributed by atoms with van der Waals surface area (Å²) < 4.78 is 7.62. The molecule has 148 valence electrons. The lowest BCUT2D eigenvalue weighted by Gasteiger charge is -2.39. The maximum Gasteiger partial charge on any atom is 0.234 e. The molecule has 2 aliphatic heterocycles. The van der Waals surface area contributed by atoms with E-state index >= 15 is 0 Å². The predicted molar refractivity (Wildman–Crippen MR) is 110 cm³/mol. The van der Waals surface area contributed by atoms with Gasteiger partial charge in [0.25, 0.3) is 0 Å².